The van der Waals surface area contributed by atoms with Gasteiger partial charge in [-0.3, -0.25) is 0 Å². The second-order valence-corrected chi connectivity index (χ2v) is 3.39. The van der Waals surface area contributed by atoms with Gasteiger partial charge in [-0.25, -0.2) is 8.78 Å². The number of benzene rings is 1. The first-order valence-corrected chi connectivity index (χ1v) is 5.08. The van der Waals surface area contributed by atoms with Crippen LogP contribution in [0.4, 0.5) is 20.2 Å². The summed E-state index contributed by atoms with van der Waals surface area (Å²) in [5.74, 6) is -1.36. The molecule has 16 heavy (non-hydrogen) atoms. The Morgan fingerprint density at radius 2 is 2.06 bits per heavy atom. The predicted octanol–water partition coefficient (Wildman–Crippen LogP) is 2.02. The van der Waals surface area contributed by atoms with Crippen LogP contribution in [0, 0.1) is 11.6 Å². The van der Waals surface area contributed by atoms with Crippen molar-refractivity contribution < 1.29 is 13.5 Å². The van der Waals surface area contributed by atoms with E-state index < -0.39 is 11.6 Å². The van der Waals surface area contributed by atoms with Gasteiger partial charge in [0, 0.05) is 26.3 Å². The van der Waals surface area contributed by atoms with Gasteiger partial charge < -0.3 is 15.4 Å². The van der Waals surface area contributed by atoms with Crippen LogP contribution in [-0.2, 0) is 4.74 Å². The van der Waals surface area contributed by atoms with Crippen LogP contribution in [0.3, 0.4) is 0 Å². The summed E-state index contributed by atoms with van der Waals surface area (Å²) < 4.78 is 31.2. The lowest BCUT2D eigenvalue weighted by Gasteiger charge is -2.24. The summed E-state index contributed by atoms with van der Waals surface area (Å²) in [5, 5.41) is 0. The molecule has 0 heterocycles. The highest BCUT2D eigenvalue weighted by Gasteiger charge is 2.13. The van der Waals surface area contributed by atoms with E-state index in [0.29, 0.717) is 25.4 Å². The zero-order chi connectivity index (χ0) is 12.1. The van der Waals surface area contributed by atoms with E-state index in [-0.39, 0.29) is 5.69 Å². The summed E-state index contributed by atoms with van der Waals surface area (Å²) in [7, 11) is 1.57. The smallest absolute Gasteiger partial charge is 0.151 e. The van der Waals surface area contributed by atoms with Crippen molar-refractivity contribution in [3.8, 4) is 0 Å². The zero-order valence-corrected chi connectivity index (χ0v) is 9.46. The van der Waals surface area contributed by atoms with E-state index in [1.807, 2.05) is 6.92 Å². The fraction of sp³-hybridized carbons (Fsp3) is 0.455. The lowest BCUT2D eigenvalue weighted by Crippen LogP contribution is -2.28. The summed E-state index contributed by atoms with van der Waals surface area (Å²) in [6, 6.07) is 2.01. The van der Waals surface area contributed by atoms with E-state index >= 15 is 0 Å². The van der Waals surface area contributed by atoms with Crippen LogP contribution < -0.4 is 10.6 Å². The number of hydrogen-bond donors (Lipinski definition) is 1. The maximum Gasteiger partial charge on any atom is 0.151 e. The van der Waals surface area contributed by atoms with E-state index in [1.165, 1.54) is 6.07 Å². The van der Waals surface area contributed by atoms with Crippen molar-refractivity contribution in [3.05, 3.63) is 23.8 Å². The molecule has 1 aromatic rings. The van der Waals surface area contributed by atoms with Gasteiger partial charge >= 0.3 is 0 Å². The SMILES string of the molecule is CCN(CCOC)c1cc(F)cc(F)c1N. The van der Waals surface area contributed by atoms with Crippen LogP contribution in [0.15, 0.2) is 12.1 Å². The highest BCUT2D eigenvalue weighted by molar-refractivity contribution is 5.68. The Balaban J connectivity index is 2.99. The number of likely N-dealkylation sites (N-methyl/N-ethyl adjacent to an activating group) is 1. The Labute approximate surface area is 93.8 Å². The van der Waals surface area contributed by atoms with Gasteiger partial charge in [0.05, 0.1) is 18.0 Å². The summed E-state index contributed by atoms with van der Waals surface area (Å²) in [4.78, 5) is 1.77. The van der Waals surface area contributed by atoms with Crippen LogP contribution in [-0.4, -0.2) is 26.8 Å². The minimum absolute atomic E-state index is 0.0284. The molecule has 1 aromatic carbocycles. The summed E-state index contributed by atoms with van der Waals surface area (Å²) in [6.07, 6.45) is 0. The second kappa shape index (κ2) is 5.65. The molecule has 3 nitrogen and oxygen atoms in total. The number of anilines is 2. The third-order valence-electron chi connectivity index (χ3n) is 2.36. The van der Waals surface area contributed by atoms with Gasteiger partial charge in [-0.05, 0) is 13.0 Å². The van der Waals surface area contributed by atoms with Crippen LogP contribution in [0.1, 0.15) is 6.92 Å². The number of nitrogen functional groups attached to an aromatic ring is 1. The Bertz CT molecular complexity index is 358. The van der Waals surface area contributed by atoms with Gasteiger partial charge in [0.2, 0.25) is 0 Å². The van der Waals surface area contributed by atoms with Gasteiger partial charge in [-0.1, -0.05) is 0 Å². The fourth-order valence-corrected chi connectivity index (χ4v) is 1.48. The Morgan fingerprint density at radius 1 is 1.38 bits per heavy atom. The van der Waals surface area contributed by atoms with Crippen LogP contribution in [0.5, 0.6) is 0 Å². The van der Waals surface area contributed by atoms with Crippen molar-refractivity contribution in [3.63, 3.8) is 0 Å². The predicted molar refractivity (Wildman–Crippen MR) is 60.5 cm³/mol. The van der Waals surface area contributed by atoms with Crippen LogP contribution in [0.25, 0.3) is 0 Å². The van der Waals surface area contributed by atoms with Gasteiger partial charge in [0.25, 0.3) is 0 Å². The molecule has 0 atom stereocenters. The van der Waals surface area contributed by atoms with Gasteiger partial charge in [-0.15, -0.1) is 0 Å². The normalized spacial score (nSPS) is 10.5. The molecule has 0 aliphatic heterocycles. The molecule has 0 saturated carbocycles. The molecule has 90 valence electrons. The maximum absolute atomic E-state index is 13.2. The molecule has 2 N–H and O–H groups in total. The molecule has 0 aromatic heterocycles. The zero-order valence-electron chi connectivity index (χ0n) is 9.46. The molecule has 0 aliphatic carbocycles. The second-order valence-electron chi connectivity index (χ2n) is 3.39. The summed E-state index contributed by atoms with van der Waals surface area (Å²) in [5.41, 5.74) is 5.92. The number of nitrogens with two attached hydrogens (primary N) is 1. The Morgan fingerprint density at radius 3 is 2.62 bits per heavy atom. The lowest BCUT2D eigenvalue weighted by atomic mass is 10.2. The molecule has 0 radical (unpaired) electrons. The van der Waals surface area contributed by atoms with E-state index in [1.54, 1.807) is 12.0 Å². The molecule has 0 bridgehead atoms. The molecule has 0 unspecified atom stereocenters. The van der Waals surface area contributed by atoms with Crippen LogP contribution in [0.2, 0.25) is 0 Å². The first kappa shape index (κ1) is 12.7. The number of halogens is 2. The highest BCUT2D eigenvalue weighted by atomic mass is 19.1. The Hall–Kier alpha value is -1.36. The molecule has 0 aliphatic rings. The first-order chi connectivity index (χ1) is 7.60. The van der Waals surface area contributed by atoms with Crippen molar-refractivity contribution >= 4 is 11.4 Å². The van der Waals surface area contributed by atoms with Crippen molar-refractivity contribution in [2.75, 3.05) is 37.4 Å². The third-order valence-corrected chi connectivity index (χ3v) is 2.36. The standard InChI is InChI=1S/C11H16F2N2O/c1-3-15(4-5-16-2)10-7-8(12)6-9(13)11(10)14/h6-7H,3-5,14H2,1-2H3. The highest BCUT2D eigenvalue weighted by Crippen LogP contribution is 2.26. The molecular weight excluding hydrogens is 214 g/mol. The fourth-order valence-electron chi connectivity index (χ4n) is 1.48. The lowest BCUT2D eigenvalue weighted by molar-refractivity contribution is 0.205. The minimum Gasteiger partial charge on any atom is -0.395 e. The number of rotatable bonds is 5. The summed E-state index contributed by atoms with van der Waals surface area (Å²) in [6.45, 7) is 3.51. The average molecular weight is 230 g/mol. The van der Waals surface area contributed by atoms with Crippen LogP contribution >= 0.6 is 0 Å². The number of hydrogen-bond acceptors (Lipinski definition) is 3. The maximum atomic E-state index is 13.2. The van der Waals surface area contributed by atoms with Crippen molar-refractivity contribution in [2.24, 2.45) is 0 Å². The molecule has 1 rings (SSSR count). The largest absolute Gasteiger partial charge is 0.395 e. The van der Waals surface area contributed by atoms with Crippen molar-refractivity contribution in [1.82, 2.24) is 0 Å². The van der Waals surface area contributed by atoms with Gasteiger partial charge in [0.15, 0.2) is 5.82 Å². The molecule has 0 fully saturated rings. The number of nitrogens with zero attached hydrogens (tertiary/aromatic N) is 1. The quantitative estimate of drug-likeness (QED) is 0.786. The van der Waals surface area contributed by atoms with Crippen molar-refractivity contribution in [1.29, 1.82) is 0 Å². The van der Waals surface area contributed by atoms with E-state index in [0.717, 1.165) is 6.07 Å². The average Bonchev–Trinajstić information content (AvgIpc) is 2.25. The molecule has 0 saturated heterocycles. The van der Waals surface area contributed by atoms with Crippen molar-refractivity contribution in [2.45, 2.75) is 6.92 Å². The number of methoxy groups -OCH3 is 1. The molecule has 5 heteroatoms. The monoisotopic (exact) mass is 230 g/mol. The van der Waals surface area contributed by atoms with E-state index in [9.17, 15) is 8.78 Å². The number of ether oxygens (including phenoxy) is 1. The topological polar surface area (TPSA) is 38.5 Å². The van der Waals surface area contributed by atoms with Gasteiger partial charge in [0.1, 0.15) is 5.82 Å². The molecule has 0 amide bonds. The minimum atomic E-state index is -0.731. The third kappa shape index (κ3) is 2.82. The molecular formula is C11H16F2N2O. The molecule has 0 spiro atoms. The summed E-state index contributed by atoms with van der Waals surface area (Å²) >= 11 is 0. The van der Waals surface area contributed by atoms with Gasteiger partial charge in [-0.2, -0.15) is 0 Å². The van der Waals surface area contributed by atoms with E-state index in [2.05, 4.69) is 0 Å². The first-order valence-electron chi connectivity index (χ1n) is 5.08. The Kier molecular flexibility index (Phi) is 4.49. The van der Waals surface area contributed by atoms with E-state index in [4.69, 9.17) is 10.5 Å².